The van der Waals surface area contributed by atoms with Crippen LogP contribution in [0.25, 0.3) is 0 Å². The summed E-state index contributed by atoms with van der Waals surface area (Å²) < 4.78 is 0. The largest absolute Gasteiger partial charge is 0.0806 e. The van der Waals surface area contributed by atoms with E-state index in [1.165, 1.54) is 11.1 Å². The molecule has 86 valence electrons. The average molecular weight is 214 g/mol. The second-order valence-corrected chi connectivity index (χ2v) is 5.45. The molecule has 0 saturated heterocycles. The van der Waals surface area contributed by atoms with Crippen LogP contribution in [0.15, 0.2) is 23.8 Å². The Balaban J connectivity index is 2.60. The molecule has 0 radical (unpaired) electrons. The second kappa shape index (κ2) is 4.08. The lowest BCUT2D eigenvalue weighted by atomic mass is 9.79. The highest BCUT2D eigenvalue weighted by Crippen LogP contribution is 2.36. The van der Waals surface area contributed by atoms with Crippen LogP contribution < -0.4 is 0 Å². The highest BCUT2D eigenvalue weighted by molar-refractivity contribution is 5.48. The van der Waals surface area contributed by atoms with E-state index in [0.717, 1.165) is 6.42 Å². The smallest absolute Gasteiger partial charge is 0.00202 e. The van der Waals surface area contributed by atoms with Crippen molar-refractivity contribution in [2.45, 2.75) is 52.9 Å². The Hall–Kier alpha value is -1.04. The number of fused-ring (bicyclic) bond motifs is 1. The second-order valence-electron chi connectivity index (χ2n) is 5.45. The van der Waals surface area contributed by atoms with Crippen LogP contribution in [-0.4, -0.2) is 0 Å². The van der Waals surface area contributed by atoms with Crippen LogP contribution >= 0.6 is 0 Å². The first-order valence-electron chi connectivity index (χ1n) is 6.30. The first-order valence-corrected chi connectivity index (χ1v) is 6.30. The van der Waals surface area contributed by atoms with Gasteiger partial charge in [-0.05, 0) is 42.9 Å². The molecule has 0 heterocycles. The van der Waals surface area contributed by atoms with Crippen LogP contribution in [-0.2, 0) is 6.42 Å². The summed E-state index contributed by atoms with van der Waals surface area (Å²) in [5.41, 5.74) is 7.62. The molecule has 0 N–H and O–H groups in total. The van der Waals surface area contributed by atoms with Gasteiger partial charge in [0.1, 0.15) is 0 Å². The number of benzene rings is 1. The van der Waals surface area contributed by atoms with E-state index in [4.69, 9.17) is 0 Å². The van der Waals surface area contributed by atoms with Crippen molar-refractivity contribution < 1.29 is 0 Å². The predicted molar refractivity (Wildman–Crippen MR) is 71.1 cm³/mol. The number of hydrogen-bond acceptors (Lipinski definition) is 0. The van der Waals surface area contributed by atoms with Crippen LogP contribution in [0.4, 0.5) is 0 Å². The molecule has 1 aliphatic carbocycles. The third-order valence-corrected chi connectivity index (χ3v) is 3.86. The van der Waals surface area contributed by atoms with E-state index in [1.54, 1.807) is 16.7 Å². The van der Waals surface area contributed by atoms with Gasteiger partial charge in [-0.15, -0.1) is 0 Å². The molecule has 0 aromatic heterocycles. The minimum absolute atomic E-state index is 0.598. The maximum Gasteiger partial charge on any atom is 0.00202 e. The maximum atomic E-state index is 2.40. The fraction of sp³-hybridized carbons (Fsp3) is 0.500. The van der Waals surface area contributed by atoms with Gasteiger partial charge in [-0.25, -0.2) is 0 Å². The van der Waals surface area contributed by atoms with Gasteiger partial charge in [0, 0.05) is 5.92 Å². The zero-order valence-electron chi connectivity index (χ0n) is 11.1. The monoisotopic (exact) mass is 214 g/mol. The molecule has 0 saturated carbocycles. The molecule has 1 aromatic rings. The summed E-state index contributed by atoms with van der Waals surface area (Å²) in [7, 11) is 0. The van der Waals surface area contributed by atoms with Crippen LogP contribution in [0.5, 0.6) is 0 Å². The van der Waals surface area contributed by atoms with E-state index in [0.29, 0.717) is 11.8 Å². The molecule has 0 amide bonds. The van der Waals surface area contributed by atoms with Crippen LogP contribution in [0.3, 0.4) is 0 Å². The van der Waals surface area contributed by atoms with Crippen molar-refractivity contribution in [1.29, 1.82) is 0 Å². The van der Waals surface area contributed by atoms with Gasteiger partial charge in [-0.3, -0.25) is 0 Å². The van der Waals surface area contributed by atoms with Crippen LogP contribution in [0.2, 0.25) is 0 Å². The predicted octanol–water partition coefficient (Wildman–Crippen LogP) is 4.72. The molecule has 0 fully saturated rings. The van der Waals surface area contributed by atoms with Crippen molar-refractivity contribution in [3.8, 4) is 0 Å². The highest BCUT2D eigenvalue weighted by Gasteiger charge is 2.20. The van der Waals surface area contributed by atoms with Crippen LogP contribution in [0.1, 0.15) is 61.8 Å². The van der Waals surface area contributed by atoms with Gasteiger partial charge < -0.3 is 0 Å². The molecule has 2 rings (SSSR count). The summed E-state index contributed by atoms with van der Waals surface area (Å²) in [5, 5.41) is 0. The van der Waals surface area contributed by atoms with E-state index in [2.05, 4.69) is 52.8 Å². The van der Waals surface area contributed by atoms with E-state index in [1.807, 2.05) is 0 Å². The summed E-state index contributed by atoms with van der Waals surface area (Å²) in [6.07, 6.45) is 3.52. The molecule has 0 heteroatoms. The first kappa shape index (κ1) is 11.4. The quantitative estimate of drug-likeness (QED) is 0.593. The fourth-order valence-electron chi connectivity index (χ4n) is 2.70. The Labute approximate surface area is 99.4 Å². The lowest BCUT2D eigenvalue weighted by Gasteiger charge is -2.26. The van der Waals surface area contributed by atoms with Gasteiger partial charge in [0.15, 0.2) is 0 Å². The van der Waals surface area contributed by atoms with Gasteiger partial charge in [-0.1, -0.05) is 50.1 Å². The lowest BCUT2D eigenvalue weighted by Crippen LogP contribution is -2.10. The van der Waals surface area contributed by atoms with E-state index in [-0.39, 0.29) is 0 Å². The normalized spacial score (nSPS) is 19.6. The van der Waals surface area contributed by atoms with Gasteiger partial charge >= 0.3 is 0 Å². The standard InChI is InChI=1S/C16H22/c1-10(2)15-8-11(3)9-16-13(5)12(4)6-7-14(15)16/h6,8-10,13H,7H2,1-5H3. The van der Waals surface area contributed by atoms with Crippen molar-refractivity contribution in [2.24, 2.45) is 0 Å². The van der Waals surface area contributed by atoms with Gasteiger partial charge in [0.2, 0.25) is 0 Å². The molecule has 16 heavy (non-hydrogen) atoms. The van der Waals surface area contributed by atoms with Crippen molar-refractivity contribution in [3.05, 3.63) is 46.0 Å². The maximum absolute atomic E-state index is 2.40. The summed E-state index contributed by atoms with van der Waals surface area (Å²) in [6, 6.07) is 4.74. The fourth-order valence-corrected chi connectivity index (χ4v) is 2.70. The molecule has 0 bridgehead atoms. The zero-order valence-corrected chi connectivity index (χ0v) is 11.1. The molecule has 0 spiro atoms. The summed E-state index contributed by atoms with van der Waals surface area (Å²) in [5.74, 6) is 1.23. The number of rotatable bonds is 1. The van der Waals surface area contributed by atoms with Crippen molar-refractivity contribution in [3.63, 3.8) is 0 Å². The molecule has 1 aliphatic rings. The summed E-state index contributed by atoms with van der Waals surface area (Å²) in [4.78, 5) is 0. The molecule has 1 unspecified atom stereocenters. The summed E-state index contributed by atoms with van der Waals surface area (Å²) in [6.45, 7) is 11.4. The average Bonchev–Trinajstić information content (AvgIpc) is 2.23. The Morgan fingerprint density at radius 1 is 1.19 bits per heavy atom. The van der Waals surface area contributed by atoms with Gasteiger partial charge in [-0.2, -0.15) is 0 Å². The molecule has 1 aromatic carbocycles. The van der Waals surface area contributed by atoms with Gasteiger partial charge in [0.25, 0.3) is 0 Å². The molecule has 0 aliphatic heterocycles. The van der Waals surface area contributed by atoms with E-state index >= 15 is 0 Å². The topological polar surface area (TPSA) is 0 Å². The van der Waals surface area contributed by atoms with Crippen molar-refractivity contribution in [2.75, 3.05) is 0 Å². The molecule has 1 atom stereocenters. The van der Waals surface area contributed by atoms with Crippen LogP contribution in [0, 0.1) is 6.92 Å². The minimum Gasteiger partial charge on any atom is -0.0806 e. The Morgan fingerprint density at radius 2 is 1.88 bits per heavy atom. The van der Waals surface area contributed by atoms with Gasteiger partial charge in [0.05, 0.1) is 0 Å². The third-order valence-electron chi connectivity index (χ3n) is 3.86. The Bertz CT molecular complexity index is 436. The first-order chi connectivity index (χ1) is 7.50. The molecular formula is C16H22. The van der Waals surface area contributed by atoms with Crippen molar-refractivity contribution >= 4 is 0 Å². The Morgan fingerprint density at radius 3 is 2.50 bits per heavy atom. The number of allylic oxidation sites excluding steroid dienone is 2. The SMILES string of the molecule is CC1=CCc2c(C(C)C)cc(C)cc2C1C. The lowest BCUT2D eigenvalue weighted by molar-refractivity contribution is 0.794. The molecule has 0 nitrogen and oxygen atoms in total. The Kier molecular flexibility index (Phi) is 2.92. The van der Waals surface area contributed by atoms with Crippen molar-refractivity contribution in [1.82, 2.24) is 0 Å². The van der Waals surface area contributed by atoms with E-state index in [9.17, 15) is 0 Å². The zero-order chi connectivity index (χ0) is 11.9. The molecular weight excluding hydrogens is 192 g/mol. The number of aryl methyl sites for hydroxylation is 1. The number of hydrogen-bond donors (Lipinski definition) is 0. The summed E-state index contributed by atoms with van der Waals surface area (Å²) >= 11 is 0. The third kappa shape index (κ3) is 1.81. The minimum atomic E-state index is 0.598. The highest BCUT2D eigenvalue weighted by atomic mass is 14.2. The van der Waals surface area contributed by atoms with E-state index < -0.39 is 0 Å².